The lowest BCUT2D eigenvalue weighted by Gasteiger charge is -2.29. The maximum Gasteiger partial charge on any atom is 0.323 e. The topological polar surface area (TPSA) is 86.9 Å². The van der Waals surface area contributed by atoms with Crippen LogP contribution in [0.4, 0.5) is 30.8 Å². The van der Waals surface area contributed by atoms with E-state index in [1.807, 2.05) is 0 Å². The number of anilines is 3. The van der Waals surface area contributed by atoms with Gasteiger partial charge in [0.15, 0.2) is 11.8 Å². The molecule has 0 bridgehead atoms. The summed E-state index contributed by atoms with van der Waals surface area (Å²) in [4.78, 5) is 23.0. The minimum Gasteiger partial charge on any atom is -0.308 e. The van der Waals surface area contributed by atoms with Gasteiger partial charge in [0.1, 0.15) is 23.1 Å². The Morgan fingerprint density at radius 2 is 1.88 bits per heavy atom. The van der Waals surface area contributed by atoms with Crippen LogP contribution in [0.25, 0.3) is 5.65 Å². The van der Waals surface area contributed by atoms with Crippen LogP contribution in [0.3, 0.4) is 0 Å². The minimum absolute atomic E-state index is 0.0662. The highest BCUT2D eigenvalue weighted by molar-refractivity contribution is 6.30. The molecule has 1 aliphatic heterocycles. The van der Waals surface area contributed by atoms with E-state index in [0.29, 0.717) is 27.9 Å². The largest absolute Gasteiger partial charge is 0.323 e. The number of fused-ring (bicyclic) bond motifs is 1. The average molecular weight is 480 g/mol. The van der Waals surface area contributed by atoms with Crippen molar-refractivity contribution in [3.05, 3.63) is 95.4 Å². The fourth-order valence-electron chi connectivity index (χ4n) is 3.47. The molecule has 2 aromatic carbocycles. The smallest absolute Gasteiger partial charge is 0.308 e. The van der Waals surface area contributed by atoms with E-state index in [1.54, 1.807) is 53.7 Å². The van der Waals surface area contributed by atoms with Gasteiger partial charge >= 0.3 is 6.03 Å². The maximum atomic E-state index is 14.5. The number of nitrogens with one attached hydrogen (secondary N) is 2. The zero-order chi connectivity index (χ0) is 23.7. The van der Waals surface area contributed by atoms with Gasteiger partial charge < -0.3 is 15.5 Å². The Morgan fingerprint density at radius 1 is 1.06 bits per heavy atom. The molecule has 2 aromatic heterocycles. The minimum atomic E-state index is -0.858. The molecule has 2 amide bonds. The van der Waals surface area contributed by atoms with E-state index in [4.69, 9.17) is 11.6 Å². The van der Waals surface area contributed by atoms with Gasteiger partial charge in [-0.15, -0.1) is 0 Å². The molecule has 34 heavy (non-hydrogen) atoms. The Labute approximate surface area is 197 Å². The summed E-state index contributed by atoms with van der Waals surface area (Å²) in [6.07, 6.45) is 7.08. The molecule has 0 radical (unpaired) electrons. The second-order valence-electron chi connectivity index (χ2n) is 7.28. The van der Waals surface area contributed by atoms with E-state index in [0.717, 1.165) is 18.2 Å². The number of amides is 2. The first-order chi connectivity index (χ1) is 16.5. The quantitative estimate of drug-likeness (QED) is 0.410. The van der Waals surface area contributed by atoms with E-state index in [1.165, 1.54) is 16.9 Å². The zero-order valence-corrected chi connectivity index (χ0v) is 18.1. The van der Waals surface area contributed by atoms with Crippen LogP contribution < -0.4 is 15.5 Å². The van der Waals surface area contributed by atoms with Crippen LogP contribution in [-0.4, -0.2) is 26.8 Å². The number of aliphatic imine (C=N–C) groups is 1. The molecular formula is C23H16ClF2N7O. The van der Waals surface area contributed by atoms with Gasteiger partial charge in [0.05, 0.1) is 6.20 Å². The van der Waals surface area contributed by atoms with E-state index < -0.39 is 23.8 Å². The zero-order valence-electron chi connectivity index (χ0n) is 17.4. The van der Waals surface area contributed by atoms with E-state index in [9.17, 15) is 13.6 Å². The van der Waals surface area contributed by atoms with Crippen LogP contribution >= 0.6 is 11.6 Å². The number of carbonyl (C=O) groups excluding carboxylic acids is 1. The Kier molecular flexibility index (Phi) is 5.64. The molecule has 0 saturated heterocycles. The van der Waals surface area contributed by atoms with Crippen molar-refractivity contribution in [1.82, 2.24) is 14.6 Å². The predicted octanol–water partition coefficient (Wildman–Crippen LogP) is 5.41. The second kappa shape index (κ2) is 8.91. The van der Waals surface area contributed by atoms with Crippen molar-refractivity contribution in [2.45, 2.75) is 6.17 Å². The number of aromatic nitrogens is 3. The van der Waals surface area contributed by atoms with Crippen molar-refractivity contribution >= 4 is 46.7 Å². The predicted molar refractivity (Wildman–Crippen MR) is 126 cm³/mol. The van der Waals surface area contributed by atoms with Crippen molar-refractivity contribution in [1.29, 1.82) is 0 Å². The first kappa shape index (κ1) is 21.5. The molecule has 0 fully saturated rings. The third-order valence-electron chi connectivity index (χ3n) is 5.03. The molecule has 0 saturated carbocycles. The van der Waals surface area contributed by atoms with E-state index in [2.05, 4.69) is 25.7 Å². The molecular weight excluding hydrogens is 464 g/mol. The Hall–Kier alpha value is -4.31. The van der Waals surface area contributed by atoms with Crippen molar-refractivity contribution in [2.75, 3.05) is 15.5 Å². The van der Waals surface area contributed by atoms with Gasteiger partial charge in [0.2, 0.25) is 0 Å². The molecule has 5 rings (SSSR count). The first-order valence-corrected chi connectivity index (χ1v) is 10.5. The number of allylic oxidation sites excluding steroid dienone is 1. The summed E-state index contributed by atoms with van der Waals surface area (Å²) in [5.41, 5.74) is 1.33. The standard InChI is InChI=1S/C23H16ClF2N7O/c24-14-2-5-16(6-3-14)29-23(34)30-19-13-28-33-11-8-20(31-22(19)33)32-10-1-9-27-21(32)17-12-15(25)4-7-18(17)26/h1-13,21H,(H2,29,30,34)/t21-/m1/s1. The SMILES string of the molecule is O=C(Nc1ccc(Cl)cc1)Nc1cnn2ccc(N3C=CC=N[C@H]3c3cc(F)ccc3F)nc12. The van der Waals surface area contributed by atoms with Gasteiger partial charge in [0, 0.05) is 34.9 Å². The van der Waals surface area contributed by atoms with Gasteiger partial charge in [-0.2, -0.15) is 5.10 Å². The average Bonchev–Trinajstić information content (AvgIpc) is 3.24. The molecule has 11 heteroatoms. The number of hydrogen-bond donors (Lipinski definition) is 2. The molecule has 8 nitrogen and oxygen atoms in total. The second-order valence-corrected chi connectivity index (χ2v) is 7.72. The van der Waals surface area contributed by atoms with Gasteiger partial charge in [-0.05, 0) is 54.6 Å². The van der Waals surface area contributed by atoms with Crippen LogP contribution in [0.5, 0.6) is 0 Å². The fourth-order valence-corrected chi connectivity index (χ4v) is 3.60. The number of carbonyl (C=O) groups is 1. The van der Waals surface area contributed by atoms with Crippen molar-refractivity contribution in [3.63, 3.8) is 0 Å². The van der Waals surface area contributed by atoms with Crippen molar-refractivity contribution in [2.24, 2.45) is 4.99 Å². The number of rotatable bonds is 4. The summed E-state index contributed by atoms with van der Waals surface area (Å²) in [6.45, 7) is 0. The number of benzene rings is 2. The Morgan fingerprint density at radius 3 is 2.71 bits per heavy atom. The Bertz CT molecular complexity index is 1440. The molecule has 1 aliphatic rings. The molecule has 1 atom stereocenters. The molecule has 0 aliphatic carbocycles. The third kappa shape index (κ3) is 4.30. The monoisotopic (exact) mass is 479 g/mol. The number of halogens is 3. The number of nitrogens with zero attached hydrogens (tertiary/aromatic N) is 5. The van der Waals surface area contributed by atoms with Crippen LogP contribution in [0.2, 0.25) is 5.02 Å². The molecule has 4 aromatic rings. The van der Waals surface area contributed by atoms with E-state index in [-0.39, 0.29) is 5.56 Å². The molecule has 170 valence electrons. The molecule has 0 unspecified atom stereocenters. The third-order valence-corrected chi connectivity index (χ3v) is 5.28. The Balaban J connectivity index is 1.43. The van der Waals surface area contributed by atoms with Crippen LogP contribution in [-0.2, 0) is 0 Å². The summed E-state index contributed by atoms with van der Waals surface area (Å²) >= 11 is 5.87. The summed E-state index contributed by atoms with van der Waals surface area (Å²) in [5, 5.41) is 10.2. The lowest BCUT2D eigenvalue weighted by Crippen LogP contribution is -2.26. The van der Waals surface area contributed by atoms with Gasteiger partial charge in [-0.25, -0.2) is 23.1 Å². The van der Waals surface area contributed by atoms with Crippen LogP contribution in [0.15, 0.2) is 78.2 Å². The van der Waals surface area contributed by atoms with Gasteiger partial charge in [-0.1, -0.05) is 11.6 Å². The van der Waals surface area contributed by atoms with Crippen LogP contribution in [0.1, 0.15) is 11.7 Å². The highest BCUT2D eigenvalue weighted by atomic mass is 35.5. The summed E-state index contributed by atoms with van der Waals surface area (Å²) in [5.74, 6) is -0.759. The highest BCUT2D eigenvalue weighted by Crippen LogP contribution is 2.32. The first-order valence-electron chi connectivity index (χ1n) is 10.1. The lowest BCUT2D eigenvalue weighted by molar-refractivity contribution is 0.262. The maximum absolute atomic E-state index is 14.5. The fraction of sp³-hybridized carbons (Fsp3) is 0.0435. The summed E-state index contributed by atoms with van der Waals surface area (Å²) in [7, 11) is 0. The van der Waals surface area contributed by atoms with Gasteiger partial charge in [-0.3, -0.25) is 4.99 Å². The molecule has 0 spiro atoms. The van der Waals surface area contributed by atoms with E-state index >= 15 is 0 Å². The number of hydrogen-bond acceptors (Lipinski definition) is 5. The van der Waals surface area contributed by atoms with Crippen LogP contribution in [0, 0.1) is 11.6 Å². The lowest BCUT2D eigenvalue weighted by atomic mass is 10.1. The normalized spacial score (nSPS) is 15.0. The highest BCUT2D eigenvalue weighted by Gasteiger charge is 2.25. The van der Waals surface area contributed by atoms with Gasteiger partial charge in [0.25, 0.3) is 0 Å². The van der Waals surface area contributed by atoms with Crippen molar-refractivity contribution in [3.8, 4) is 0 Å². The molecule has 3 heterocycles. The summed E-state index contributed by atoms with van der Waals surface area (Å²) in [6, 6.07) is 11.0. The molecule has 2 N–H and O–H groups in total. The van der Waals surface area contributed by atoms with Crippen molar-refractivity contribution < 1.29 is 13.6 Å². The number of urea groups is 1. The summed E-state index contributed by atoms with van der Waals surface area (Å²) < 4.78 is 29.8.